The van der Waals surface area contributed by atoms with Crippen LogP contribution in [0.15, 0.2) is 110 Å². The summed E-state index contributed by atoms with van der Waals surface area (Å²) in [5.41, 5.74) is 16.3. The van der Waals surface area contributed by atoms with Gasteiger partial charge in [-0.15, -0.1) is 0 Å². The quantitative estimate of drug-likeness (QED) is 0.163. The van der Waals surface area contributed by atoms with Gasteiger partial charge in [0.15, 0.2) is 12.5 Å². The van der Waals surface area contributed by atoms with E-state index in [1.54, 1.807) is 73.3 Å². The van der Waals surface area contributed by atoms with Crippen LogP contribution >= 0.6 is 0 Å². The van der Waals surface area contributed by atoms with Gasteiger partial charge in [-0.1, -0.05) is 36.4 Å². The standard InChI is InChI=1S/C32H28F2N4O4/c33-27-9-5-21(6-10-27)15-25(23-3-1-13-37-19-23)17-29(35)41-31(39)32(40)42-30(36)18-26(24-4-2-14-38-20-24)16-22-7-11-28(34)12-8-22/h1-14,17-20,29-30H,15-16,35-36H2. The van der Waals surface area contributed by atoms with E-state index < -0.39 is 24.4 Å². The van der Waals surface area contributed by atoms with Crippen molar-refractivity contribution in [3.05, 3.63) is 144 Å². The van der Waals surface area contributed by atoms with Crippen LogP contribution in [0.25, 0.3) is 11.1 Å². The van der Waals surface area contributed by atoms with Crippen molar-refractivity contribution >= 4 is 23.1 Å². The fraction of sp³-hybridized carbons (Fsp3) is 0.125. The van der Waals surface area contributed by atoms with E-state index in [1.165, 1.54) is 36.4 Å². The van der Waals surface area contributed by atoms with E-state index in [4.69, 9.17) is 20.9 Å². The molecule has 214 valence electrons. The van der Waals surface area contributed by atoms with Crippen LogP contribution in [-0.4, -0.2) is 34.4 Å². The third-order valence-corrected chi connectivity index (χ3v) is 6.06. The van der Waals surface area contributed by atoms with Crippen LogP contribution in [0, 0.1) is 11.6 Å². The molecule has 2 aromatic heterocycles. The van der Waals surface area contributed by atoms with E-state index in [2.05, 4.69) is 9.97 Å². The Morgan fingerprint density at radius 1 is 0.667 bits per heavy atom. The van der Waals surface area contributed by atoms with Gasteiger partial charge in [0.1, 0.15) is 11.6 Å². The molecule has 4 aromatic rings. The molecule has 42 heavy (non-hydrogen) atoms. The van der Waals surface area contributed by atoms with Crippen LogP contribution in [-0.2, 0) is 31.9 Å². The third kappa shape index (κ3) is 8.98. The molecule has 4 N–H and O–H groups in total. The molecule has 0 amide bonds. The van der Waals surface area contributed by atoms with Gasteiger partial charge in [-0.05, 0) is 94.8 Å². The maximum absolute atomic E-state index is 13.4. The third-order valence-electron chi connectivity index (χ3n) is 6.06. The molecule has 4 rings (SSSR count). The highest BCUT2D eigenvalue weighted by Gasteiger charge is 2.23. The van der Waals surface area contributed by atoms with Gasteiger partial charge in [0, 0.05) is 24.8 Å². The number of rotatable bonds is 10. The van der Waals surface area contributed by atoms with Crippen LogP contribution in [0.1, 0.15) is 22.3 Å². The predicted octanol–water partition coefficient (Wildman–Crippen LogP) is 4.36. The molecule has 0 aliphatic heterocycles. The zero-order valence-corrected chi connectivity index (χ0v) is 22.4. The Labute approximate surface area is 241 Å². The summed E-state index contributed by atoms with van der Waals surface area (Å²) in [4.78, 5) is 33.2. The zero-order valence-electron chi connectivity index (χ0n) is 22.4. The summed E-state index contributed by atoms with van der Waals surface area (Å²) in [6, 6.07) is 18.9. The van der Waals surface area contributed by atoms with E-state index >= 15 is 0 Å². The molecule has 2 atom stereocenters. The highest BCUT2D eigenvalue weighted by Crippen LogP contribution is 2.22. The Morgan fingerprint density at radius 3 is 1.38 bits per heavy atom. The Balaban J connectivity index is 1.44. The summed E-state index contributed by atoms with van der Waals surface area (Å²) < 4.78 is 36.9. The summed E-state index contributed by atoms with van der Waals surface area (Å²) in [5, 5.41) is 0. The minimum atomic E-state index is -1.34. The number of ether oxygens (including phenoxy) is 2. The van der Waals surface area contributed by atoms with Crippen molar-refractivity contribution < 1.29 is 27.8 Å². The average Bonchev–Trinajstić information content (AvgIpc) is 2.99. The highest BCUT2D eigenvalue weighted by atomic mass is 19.1. The summed E-state index contributed by atoms with van der Waals surface area (Å²) in [6.07, 6.45) is 7.41. The normalized spacial score (nSPS) is 13.2. The largest absolute Gasteiger partial charge is 0.435 e. The molecule has 0 spiro atoms. The Hall–Kier alpha value is -5.06. The van der Waals surface area contributed by atoms with Crippen molar-refractivity contribution in [3.8, 4) is 0 Å². The van der Waals surface area contributed by atoms with Crippen LogP contribution in [0.3, 0.4) is 0 Å². The topological polar surface area (TPSA) is 130 Å². The Morgan fingerprint density at radius 2 is 1.05 bits per heavy atom. The second kappa shape index (κ2) is 14.5. The van der Waals surface area contributed by atoms with Gasteiger partial charge in [0.05, 0.1) is 0 Å². The maximum Gasteiger partial charge on any atom is 0.419 e. The minimum Gasteiger partial charge on any atom is -0.435 e. The van der Waals surface area contributed by atoms with Gasteiger partial charge in [-0.2, -0.15) is 0 Å². The number of benzene rings is 2. The summed E-state index contributed by atoms with van der Waals surface area (Å²) in [6.45, 7) is 0. The summed E-state index contributed by atoms with van der Waals surface area (Å²) in [5.74, 6) is -3.41. The number of hydrogen-bond acceptors (Lipinski definition) is 8. The van der Waals surface area contributed by atoms with Gasteiger partial charge in [-0.25, -0.2) is 18.4 Å². The van der Waals surface area contributed by atoms with Crippen molar-refractivity contribution in [2.45, 2.75) is 25.3 Å². The van der Waals surface area contributed by atoms with Crippen LogP contribution in [0.2, 0.25) is 0 Å². The van der Waals surface area contributed by atoms with E-state index in [0.717, 1.165) is 11.1 Å². The number of nitrogens with zero attached hydrogens (tertiary/aromatic N) is 2. The van der Waals surface area contributed by atoms with E-state index in [9.17, 15) is 18.4 Å². The number of aromatic nitrogens is 2. The predicted molar refractivity (Wildman–Crippen MR) is 153 cm³/mol. The molecule has 10 heteroatoms. The Bertz CT molecular complexity index is 1430. The molecule has 0 aliphatic carbocycles. The number of carbonyl (C=O) groups is 2. The van der Waals surface area contributed by atoms with E-state index in [1.807, 2.05) is 0 Å². The monoisotopic (exact) mass is 570 g/mol. The van der Waals surface area contributed by atoms with Crippen LogP contribution in [0.5, 0.6) is 0 Å². The molecule has 0 aliphatic rings. The molecule has 0 fully saturated rings. The fourth-order valence-electron chi connectivity index (χ4n) is 4.07. The van der Waals surface area contributed by atoms with E-state index in [-0.39, 0.29) is 11.6 Å². The van der Waals surface area contributed by atoms with Crippen LogP contribution < -0.4 is 11.5 Å². The SMILES string of the molecule is NC(C=C(Cc1ccc(F)cc1)c1cccnc1)OC(=O)C(=O)OC(N)C=C(Cc1ccc(F)cc1)c1cccnc1. The zero-order chi connectivity index (χ0) is 29.9. The number of hydrogen-bond donors (Lipinski definition) is 2. The van der Waals surface area contributed by atoms with Crippen molar-refractivity contribution in [1.82, 2.24) is 9.97 Å². The van der Waals surface area contributed by atoms with Crippen molar-refractivity contribution in [3.63, 3.8) is 0 Å². The molecular formula is C32H28F2N4O4. The minimum absolute atomic E-state index is 0.336. The molecule has 8 nitrogen and oxygen atoms in total. The number of allylic oxidation sites excluding steroid dienone is 2. The summed E-state index contributed by atoms with van der Waals surface area (Å²) in [7, 11) is 0. The number of pyridine rings is 2. The molecule has 0 bridgehead atoms. The van der Waals surface area contributed by atoms with Gasteiger partial charge >= 0.3 is 11.9 Å². The van der Waals surface area contributed by atoms with Gasteiger partial charge in [0.25, 0.3) is 0 Å². The molecule has 2 unspecified atom stereocenters. The molecule has 0 saturated heterocycles. The van der Waals surface area contributed by atoms with Crippen molar-refractivity contribution in [2.24, 2.45) is 11.5 Å². The Kier molecular flexibility index (Phi) is 10.4. The number of esters is 2. The highest BCUT2D eigenvalue weighted by molar-refractivity contribution is 6.29. The summed E-state index contributed by atoms with van der Waals surface area (Å²) >= 11 is 0. The number of halogens is 2. The second-order valence-electron chi connectivity index (χ2n) is 9.21. The lowest BCUT2D eigenvalue weighted by Crippen LogP contribution is -2.34. The average molecular weight is 571 g/mol. The van der Waals surface area contributed by atoms with Crippen molar-refractivity contribution in [2.75, 3.05) is 0 Å². The smallest absolute Gasteiger partial charge is 0.419 e. The maximum atomic E-state index is 13.4. The lowest BCUT2D eigenvalue weighted by Gasteiger charge is -2.15. The lowest BCUT2D eigenvalue weighted by atomic mass is 9.99. The first kappa shape index (κ1) is 29.9. The molecule has 2 heterocycles. The number of nitrogens with two attached hydrogens (primary N) is 2. The van der Waals surface area contributed by atoms with Crippen LogP contribution in [0.4, 0.5) is 8.78 Å². The first-order valence-corrected chi connectivity index (χ1v) is 12.9. The molecule has 0 saturated carbocycles. The second-order valence-corrected chi connectivity index (χ2v) is 9.21. The number of carbonyl (C=O) groups excluding carboxylic acids is 2. The van der Waals surface area contributed by atoms with E-state index in [0.29, 0.717) is 35.1 Å². The first-order valence-electron chi connectivity index (χ1n) is 12.9. The first-order chi connectivity index (χ1) is 20.3. The van der Waals surface area contributed by atoms with Gasteiger partial charge < -0.3 is 9.47 Å². The van der Waals surface area contributed by atoms with Gasteiger partial charge in [-0.3, -0.25) is 21.4 Å². The lowest BCUT2D eigenvalue weighted by molar-refractivity contribution is -0.171. The molecule has 0 radical (unpaired) electrons. The fourth-order valence-corrected chi connectivity index (χ4v) is 4.07. The van der Waals surface area contributed by atoms with Gasteiger partial charge in [0.2, 0.25) is 0 Å². The van der Waals surface area contributed by atoms with Crippen molar-refractivity contribution in [1.29, 1.82) is 0 Å². The molecule has 2 aromatic carbocycles. The molecular weight excluding hydrogens is 542 g/mol.